The highest BCUT2D eigenvalue weighted by atomic mass is 32.1. The molecular weight excluding hydrogens is 352 g/mol. The van der Waals surface area contributed by atoms with Crippen LogP contribution in [0.5, 0.6) is 0 Å². The van der Waals surface area contributed by atoms with E-state index in [0.29, 0.717) is 16.8 Å². The number of fused-ring (bicyclic) bond motifs is 2. The van der Waals surface area contributed by atoms with Gasteiger partial charge in [-0.15, -0.1) is 11.3 Å². The molecule has 2 aromatic carbocycles. The van der Waals surface area contributed by atoms with Gasteiger partial charge >= 0.3 is 0 Å². The maximum absolute atomic E-state index is 14.6. The van der Waals surface area contributed by atoms with Crippen LogP contribution in [0.1, 0.15) is 17.8 Å². The van der Waals surface area contributed by atoms with Gasteiger partial charge in [-0.05, 0) is 37.1 Å². The van der Waals surface area contributed by atoms with Crippen molar-refractivity contribution in [2.24, 2.45) is 0 Å². The van der Waals surface area contributed by atoms with Gasteiger partial charge in [0.1, 0.15) is 17.5 Å². The number of thiazole rings is 1. The summed E-state index contributed by atoms with van der Waals surface area (Å²) in [7, 11) is 0. The lowest BCUT2D eigenvalue weighted by Gasteiger charge is -2.10. The van der Waals surface area contributed by atoms with E-state index in [9.17, 15) is 8.78 Å². The third-order valence-corrected chi connectivity index (χ3v) is 5.73. The van der Waals surface area contributed by atoms with Gasteiger partial charge in [0.2, 0.25) is 0 Å². The Morgan fingerprint density at radius 3 is 2.88 bits per heavy atom. The standard InChI is InChI=1S/C20H15F2N3S/c1-11-7-13(15(22)9-14(11)21)19-20(25-6-2-3-18(25)24-19)12-4-5-16-17(8-12)26-10-23-16/h4-5,7-10H,2-3,6H2,1H3. The topological polar surface area (TPSA) is 30.7 Å². The Labute approximate surface area is 153 Å². The molecule has 0 bridgehead atoms. The highest BCUT2D eigenvalue weighted by Crippen LogP contribution is 2.38. The predicted octanol–water partition coefficient (Wildman–Crippen LogP) is 5.36. The molecule has 2 aromatic heterocycles. The first-order chi connectivity index (χ1) is 12.6. The molecule has 0 N–H and O–H groups in total. The molecule has 0 fully saturated rings. The Kier molecular flexibility index (Phi) is 3.43. The smallest absolute Gasteiger partial charge is 0.135 e. The van der Waals surface area contributed by atoms with Gasteiger partial charge in [0.05, 0.1) is 27.1 Å². The number of benzene rings is 2. The minimum absolute atomic E-state index is 0.352. The lowest BCUT2D eigenvalue weighted by Crippen LogP contribution is -1.97. The number of hydrogen-bond acceptors (Lipinski definition) is 3. The minimum atomic E-state index is -0.579. The number of imidazole rings is 1. The van der Waals surface area contributed by atoms with Crippen molar-refractivity contribution in [3.8, 4) is 22.5 Å². The van der Waals surface area contributed by atoms with E-state index in [1.165, 1.54) is 0 Å². The summed E-state index contributed by atoms with van der Waals surface area (Å²) in [4.78, 5) is 9.05. The number of rotatable bonds is 2. The van der Waals surface area contributed by atoms with Crippen molar-refractivity contribution >= 4 is 21.6 Å². The molecular formula is C20H15F2N3S. The summed E-state index contributed by atoms with van der Waals surface area (Å²) in [6.45, 7) is 2.51. The quantitative estimate of drug-likeness (QED) is 0.477. The lowest BCUT2D eigenvalue weighted by atomic mass is 10.0. The van der Waals surface area contributed by atoms with Crippen LogP contribution >= 0.6 is 11.3 Å². The van der Waals surface area contributed by atoms with E-state index in [1.807, 2.05) is 17.6 Å². The predicted molar refractivity (Wildman–Crippen MR) is 99.3 cm³/mol. The average Bonchev–Trinajstić information content (AvgIpc) is 3.32. The molecule has 6 heteroatoms. The van der Waals surface area contributed by atoms with Gasteiger partial charge in [0.15, 0.2) is 0 Å². The van der Waals surface area contributed by atoms with Crippen LogP contribution in [0, 0.1) is 18.6 Å². The van der Waals surface area contributed by atoms with Crippen molar-refractivity contribution in [1.82, 2.24) is 14.5 Å². The van der Waals surface area contributed by atoms with Gasteiger partial charge in [-0.2, -0.15) is 0 Å². The van der Waals surface area contributed by atoms with E-state index < -0.39 is 11.6 Å². The fourth-order valence-electron chi connectivity index (χ4n) is 3.65. The van der Waals surface area contributed by atoms with Gasteiger partial charge in [-0.3, -0.25) is 0 Å². The van der Waals surface area contributed by atoms with Crippen molar-refractivity contribution < 1.29 is 8.78 Å². The third-order valence-electron chi connectivity index (χ3n) is 4.94. The molecule has 0 aliphatic carbocycles. The van der Waals surface area contributed by atoms with Crippen LogP contribution in [0.2, 0.25) is 0 Å². The second-order valence-electron chi connectivity index (χ2n) is 6.60. The monoisotopic (exact) mass is 367 g/mol. The van der Waals surface area contributed by atoms with Gasteiger partial charge in [-0.25, -0.2) is 18.7 Å². The number of hydrogen-bond donors (Lipinski definition) is 0. The lowest BCUT2D eigenvalue weighted by molar-refractivity contribution is 0.579. The molecule has 3 heterocycles. The molecule has 0 saturated carbocycles. The van der Waals surface area contributed by atoms with Crippen LogP contribution in [0.3, 0.4) is 0 Å². The van der Waals surface area contributed by atoms with Crippen LogP contribution < -0.4 is 0 Å². The zero-order valence-corrected chi connectivity index (χ0v) is 14.9. The van der Waals surface area contributed by atoms with Crippen molar-refractivity contribution in [1.29, 1.82) is 0 Å². The minimum Gasteiger partial charge on any atom is -0.327 e. The highest BCUT2D eigenvalue weighted by molar-refractivity contribution is 7.16. The Hall–Kier alpha value is -2.60. The van der Waals surface area contributed by atoms with E-state index in [0.717, 1.165) is 52.8 Å². The van der Waals surface area contributed by atoms with Gasteiger partial charge in [0.25, 0.3) is 0 Å². The normalized spacial score (nSPS) is 13.5. The summed E-state index contributed by atoms with van der Waals surface area (Å²) < 4.78 is 31.6. The first kappa shape index (κ1) is 15.6. The molecule has 26 heavy (non-hydrogen) atoms. The largest absolute Gasteiger partial charge is 0.327 e. The van der Waals surface area contributed by atoms with Crippen LogP contribution in [0.15, 0.2) is 35.8 Å². The van der Waals surface area contributed by atoms with Crippen molar-refractivity contribution in [2.75, 3.05) is 0 Å². The summed E-state index contributed by atoms with van der Waals surface area (Å²) >= 11 is 1.58. The maximum atomic E-state index is 14.6. The molecule has 0 unspecified atom stereocenters. The van der Waals surface area contributed by atoms with E-state index >= 15 is 0 Å². The number of halogens is 2. The van der Waals surface area contributed by atoms with Crippen molar-refractivity contribution in [2.45, 2.75) is 26.3 Å². The first-order valence-electron chi connectivity index (χ1n) is 8.51. The second kappa shape index (κ2) is 5.71. The fourth-order valence-corrected chi connectivity index (χ4v) is 4.36. The second-order valence-corrected chi connectivity index (χ2v) is 7.48. The Balaban J connectivity index is 1.78. The number of aryl methyl sites for hydroxylation is 2. The van der Waals surface area contributed by atoms with E-state index in [1.54, 1.807) is 24.3 Å². The summed E-state index contributed by atoms with van der Waals surface area (Å²) in [6.07, 6.45) is 1.90. The summed E-state index contributed by atoms with van der Waals surface area (Å²) in [5.74, 6) is -0.156. The zero-order chi connectivity index (χ0) is 17.8. The van der Waals surface area contributed by atoms with Crippen LogP contribution in [0.4, 0.5) is 8.78 Å². The SMILES string of the molecule is Cc1cc(-c2nc3n(c2-c2ccc4ncsc4c2)CCC3)c(F)cc1F. The van der Waals surface area contributed by atoms with Crippen LogP contribution in [-0.4, -0.2) is 14.5 Å². The summed E-state index contributed by atoms with van der Waals surface area (Å²) in [5, 5.41) is 0. The summed E-state index contributed by atoms with van der Waals surface area (Å²) in [6, 6.07) is 8.56. The van der Waals surface area contributed by atoms with Crippen LogP contribution in [-0.2, 0) is 13.0 Å². The zero-order valence-electron chi connectivity index (χ0n) is 14.1. The average molecular weight is 367 g/mol. The molecule has 1 aliphatic rings. The molecule has 0 atom stereocenters. The number of nitrogens with zero attached hydrogens (tertiary/aromatic N) is 3. The summed E-state index contributed by atoms with van der Waals surface area (Å²) in [5.41, 5.74) is 6.01. The molecule has 0 spiro atoms. The van der Waals surface area contributed by atoms with Gasteiger partial charge in [-0.1, -0.05) is 6.07 Å². The molecule has 1 aliphatic heterocycles. The van der Waals surface area contributed by atoms with Crippen molar-refractivity contribution in [3.63, 3.8) is 0 Å². The van der Waals surface area contributed by atoms with E-state index in [-0.39, 0.29) is 0 Å². The Morgan fingerprint density at radius 1 is 1.12 bits per heavy atom. The highest BCUT2D eigenvalue weighted by Gasteiger charge is 2.25. The number of aromatic nitrogens is 3. The fraction of sp³-hybridized carbons (Fsp3) is 0.200. The molecule has 0 radical (unpaired) electrons. The Morgan fingerprint density at radius 2 is 2.00 bits per heavy atom. The molecule has 0 saturated heterocycles. The molecule has 4 aromatic rings. The molecule has 130 valence electrons. The van der Waals surface area contributed by atoms with Gasteiger partial charge < -0.3 is 4.57 Å². The molecule has 5 rings (SSSR count). The third kappa shape index (κ3) is 2.29. The Bertz CT molecular complexity index is 1160. The van der Waals surface area contributed by atoms with Gasteiger partial charge in [0, 0.05) is 30.2 Å². The van der Waals surface area contributed by atoms with E-state index in [2.05, 4.69) is 15.6 Å². The molecule has 0 amide bonds. The maximum Gasteiger partial charge on any atom is 0.135 e. The van der Waals surface area contributed by atoms with Crippen molar-refractivity contribution in [3.05, 3.63) is 58.9 Å². The molecule has 3 nitrogen and oxygen atoms in total. The first-order valence-corrected chi connectivity index (χ1v) is 9.39. The van der Waals surface area contributed by atoms with E-state index in [4.69, 9.17) is 4.98 Å². The van der Waals surface area contributed by atoms with Crippen LogP contribution in [0.25, 0.3) is 32.7 Å².